The van der Waals surface area contributed by atoms with Crippen LogP contribution >= 0.6 is 0 Å². The monoisotopic (exact) mass is 263 g/mol. The zero-order chi connectivity index (χ0) is 14.5. The predicted octanol–water partition coefficient (Wildman–Crippen LogP) is 0.499. The highest BCUT2D eigenvalue weighted by Gasteiger charge is 2.10. The summed E-state index contributed by atoms with van der Waals surface area (Å²) in [6.07, 6.45) is 1.43. The summed E-state index contributed by atoms with van der Waals surface area (Å²) in [5, 5.41) is 18.6. The smallest absolute Gasteiger partial charge is 0.188 e. The standard InChI is InChI=1S/C12H21N7/c1-12(2,3)17-11(15)16-6-4-5-9-8(7-13)10(14)19-18-9/h4-6H2,1-3H3,(H3,14,18,19)(H3,15,16,17). The van der Waals surface area contributed by atoms with E-state index in [-0.39, 0.29) is 11.4 Å². The van der Waals surface area contributed by atoms with Crippen LogP contribution in [0.1, 0.15) is 38.4 Å². The normalized spacial score (nSPS) is 12.2. The molecule has 7 nitrogen and oxygen atoms in total. The number of anilines is 1. The number of aromatic amines is 1. The molecule has 0 aromatic carbocycles. The number of hydrogen-bond donors (Lipinski definition) is 4. The summed E-state index contributed by atoms with van der Waals surface area (Å²) in [7, 11) is 0. The highest BCUT2D eigenvalue weighted by atomic mass is 15.2. The summed E-state index contributed by atoms with van der Waals surface area (Å²) in [4.78, 5) is 4.22. The minimum absolute atomic E-state index is 0.0978. The van der Waals surface area contributed by atoms with Crippen LogP contribution < -0.4 is 16.8 Å². The molecular formula is C12H21N7. The number of H-pyrrole nitrogens is 1. The van der Waals surface area contributed by atoms with Crippen molar-refractivity contribution in [2.45, 2.75) is 39.2 Å². The van der Waals surface area contributed by atoms with Gasteiger partial charge in [0, 0.05) is 12.1 Å². The molecule has 0 bridgehead atoms. The Kier molecular flexibility index (Phi) is 4.75. The van der Waals surface area contributed by atoms with Crippen LogP contribution in [-0.2, 0) is 6.42 Å². The molecule has 7 heteroatoms. The summed E-state index contributed by atoms with van der Waals surface area (Å²) >= 11 is 0. The van der Waals surface area contributed by atoms with E-state index in [9.17, 15) is 0 Å². The van der Waals surface area contributed by atoms with E-state index >= 15 is 0 Å². The number of nitrogens with two attached hydrogens (primary N) is 2. The van der Waals surface area contributed by atoms with E-state index in [0.29, 0.717) is 24.5 Å². The molecule has 0 radical (unpaired) electrons. The van der Waals surface area contributed by atoms with Gasteiger partial charge in [-0.1, -0.05) is 0 Å². The Morgan fingerprint density at radius 2 is 2.21 bits per heavy atom. The molecule has 6 N–H and O–H groups in total. The third kappa shape index (κ3) is 4.87. The summed E-state index contributed by atoms with van der Waals surface area (Å²) in [5.74, 6) is 0.673. The number of nitriles is 1. The molecule has 0 aliphatic heterocycles. The number of aliphatic imine (C=N–C) groups is 1. The van der Waals surface area contributed by atoms with Gasteiger partial charge in [0.05, 0.1) is 5.69 Å². The number of aryl methyl sites for hydroxylation is 1. The second kappa shape index (κ2) is 6.09. The quantitative estimate of drug-likeness (QED) is 0.357. The fourth-order valence-electron chi connectivity index (χ4n) is 1.58. The van der Waals surface area contributed by atoms with Crippen molar-refractivity contribution in [2.24, 2.45) is 10.7 Å². The highest BCUT2D eigenvalue weighted by molar-refractivity contribution is 5.78. The predicted molar refractivity (Wildman–Crippen MR) is 75.4 cm³/mol. The first-order chi connectivity index (χ1) is 8.83. The first-order valence-electron chi connectivity index (χ1n) is 6.14. The summed E-state index contributed by atoms with van der Waals surface area (Å²) in [6, 6.07) is 2.03. The molecule has 0 fully saturated rings. The highest BCUT2D eigenvalue weighted by Crippen LogP contribution is 2.13. The van der Waals surface area contributed by atoms with Crippen LogP contribution in [-0.4, -0.2) is 28.2 Å². The van der Waals surface area contributed by atoms with Crippen molar-refractivity contribution in [3.8, 4) is 6.07 Å². The average molecular weight is 263 g/mol. The number of guanidine groups is 1. The second-order valence-corrected chi connectivity index (χ2v) is 5.32. The Bertz CT molecular complexity index is 487. The lowest BCUT2D eigenvalue weighted by Crippen LogP contribution is -2.45. The van der Waals surface area contributed by atoms with E-state index in [1.807, 2.05) is 26.8 Å². The lowest BCUT2D eigenvalue weighted by atomic mass is 10.1. The zero-order valence-corrected chi connectivity index (χ0v) is 11.6. The lowest BCUT2D eigenvalue weighted by molar-refractivity contribution is 0.508. The van der Waals surface area contributed by atoms with E-state index < -0.39 is 0 Å². The molecule has 0 saturated heterocycles. The second-order valence-electron chi connectivity index (χ2n) is 5.32. The van der Waals surface area contributed by atoms with Gasteiger partial charge in [-0.15, -0.1) is 0 Å². The fourth-order valence-corrected chi connectivity index (χ4v) is 1.58. The van der Waals surface area contributed by atoms with Crippen molar-refractivity contribution in [1.29, 1.82) is 5.26 Å². The molecule has 0 aliphatic rings. The van der Waals surface area contributed by atoms with Crippen LogP contribution in [0.5, 0.6) is 0 Å². The molecule has 0 atom stereocenters. The van der Waals surface area contributed by atoms with Gasteiger partial charge >= 0.3 is 0 Å². The number of nitrogen functional groups attached to an aromatic ring is 1. The minimum Gasteiger partial charge on any atom is -0.381 e. The number of aromatic nitrogens is 2. The van der Waals surface area contributed by atoms with E-state index in [1.165, 1.54) is 0 Å². The molecule has 0 aliphatic carbocycles. The Labute approximate surface area is 113 Å². The third-order valence-corrected chi connectivity index (χ3v) is 2.35. The van der Waals surface area contributed by atoms with Gasteiger partial charge < -0.3 is 16.8 Å². The van der Waals surface area contributed by atoms with Crippen LogP contribution in [0, 0.1) is 11.3 Å². The maximum Gasteiger partial charge on any atom is 0.188 e. The van der Waals surface area contributed by atoms with Gasteiger partial charge in [-0.05, 0) is 33.6 Å². The van der Waals surface area contributed by atoms with Crippen LogP contribution in [0.3, 0.4) is 0 Å². The average Bonchev–Trinajstić information content (AvgIpc) is 2.63. The molecule has 0 spiro atoms. The van der Waals surface area contributed by atoms with Crippen LogP contribution in [0.15, 0.2) is 4.99 Å². The van der Waals surface area contributed by atoms with Crippen molar-refractivity contribution >= 4 is 11.8 Å². The fraction of sp³-hybridized carbons (Fsp3) is 0.583. The maximum absolute atomic E-state index is 8.91. The van der Waals surface area contributed by atoms with Crippen molar-refractivity contribution in [2.75, 3.05) is 12.3 Å². The van der Waals surface area contributed by atoms with Gasteiger partial charge in [0.1, 0.15) is 11.6 Å². The third-order valence-electron chi connectivity index (χ3n) is 2.35. The Morgan fingerprint density at radius 3 is 2.79 bits per heavy atom. The van der Waals surface area contributed by atoms with E-state index in [2.05, 4.69) is 20.5 Å². The molecule has 1 aromatic heterocycles. The number of rotatable bonds is 4. The van der Waals surface area contributed by atoms with E-state index in [4.69, 9.17) is 16.7 Å². The van der Waals surface area contributed by atoms with Crippen LogP contribution in [0.4, 0.5) is 5.82 Å². The van der Waals surface area contributed by atoms with Crippen LogP contribution in [0.2, 0.25) is 0 Å². The Morgan fingerprint density at radius 1 is 1.53 bits per heavy atom. The molecular weight excluding hydrogens is 242 g/mol. The van der Waals surface area contributed by atoms with Crippen LogP contribution in [0.25, 0.3) is 0 Å². The van der Waals surface area contributed by atoms with Gasteiger partial charge in [-0.25, -0.2) is 0 Å². The molecule has 0 saturated carbocycles. The number of nitrogens with one attached hydrogen (secondary N) is 2. The largest absolute Gasteiger partial charge is 0.381 e. The maximum atomic E-state index is 8.91. The first kappa shape index (κ1) is 14.8. The molecule has 104 valence electrons. The van der Waals surface area contributed by atoms with Gasteiger partial charge in [-0.2, -0.15) is 10.4 Å². The summed E-state index contributed by atoms with van der Waals surface area (Å²) in [5.41, 5.74) is 12.4. The summed E-state index contributed by atoms with van der Waals surface area (Å²) in [6.45, 7) is 6.63. The van der Waals surface area contributed by atoms with E-state index in [0.717, 1.165) is 12.1 Å². The Hall–Kier alpha value is -2.23. The van der Waals surface area contributed by atoms with Crippen molar-refractivity contribution in [3.05, 3.63) is 11.3 Å². The number of hydrogen-bond acceptors (Lipinski definition) is 4. The van der Waals surface area contributed by atoms with Gasteiger partial charge in [-0.3, -0.25) is 10.1 Å². The first-order valence-corrected chi connectivity index (χ1v) is 6.14. The van der Waals surface area contributed by atoms with Gasteiger partial charge in [0.25, 0.3) is 0 Å². The molecule has 1 aromatic rings. The number of nitrogens with zero attached hydrogens (tertiary/aromatic N) is 3. The van der Waals surface area contributed by atoms with Crippen molar-refractivity contribution in [1.82, 2.24) is 15.5 Å². The topological polar surface area (TPSA) is 129 Å². The molecule has 1 rings (SSSR count). The summed E-state index contributed by atoms with van der Waals surface area (Å²) < 4.78 is 0. The Balaban J connectivity index is 2.43. The molecule has 19 heavy (non-hydrogen) atoms. The molecule has 0 unspecified atom stereocenters. The minimum atomic E-state index is -0.0978. The van der Waals surface area contributed by atoms with Crippen molar-refractivity contribution in [3.63, 3.8) is 0 Å². The SMILES string of the molecule is CC(C)(C)NC(N)=NCCCc1[nH]nc(N)c1C#N. The lowest BCUT2D eigenvalue weighted by Gasteiger charge is -2.20. The van der Waals surface area contributed by atoms with Gasteiger partial charge in [0.15, 0.2) is 11.8 Å². The van der Waals surface area contributed by atoms with Gasteiger partial charge in [0.2, 0.25) is 0 Å². The van der Waals surface area contributed by atoms with Crippen molar-refractivity contribution < 1.29 is 0 Å². The van der Waals surface area contributed by atoms with E-state index in [1.54, 1.807) is 0 Å². The molecule has 1 heterocycles. The molecule has 0 amide bonds. The zero-order valence-electron chi connectivity index (χ0n) is 11.6.